The van der Waals surface area contributed by atoms with Gasteiger partial charge in [0.25, 0.3) is 11.8 Å². The summed E-state index contributed by atoms with van der Waals surface area (Å²) < 4.78 is 42.2. The lowest BCUT2D eigenvalue weighted by molar-refractivity contribution is -0.137. The van der Waals surface area contributed by atoms with Crippen LogP contribution in [0.15, 0.2) is 30.5 Å². The molecule has 3 fully saturated rings. The van der Waals surface area contributed by atoms with Crippen LogP contribution < -0.4 is 21.3 Å². The number of rotatable bonds is 10. The fourth-order valence-electron chi connectivity index (χ4n) is 6.26. The molecule has 1 unspecified atom stereocenters. The minimum atomic E-state index is -4.86. The SMILES string of the molecule is CCC(CC)Nc1cc(C(=O)NC2C[C@H]3CC[C@@H](C2)N3c2ccc(C(=O)C3CC3)cn2)c(C(F)(F)F)cc1C(N)=O. The van der Waals surface area contributed by atoms with Crippen LogP contribution in [0.25, 0.3) is 0 Å². The summed E-state index contributed by atoms with van der Waals surface area (Å²) in [5, 5.41) is 5.94. The Morgan fingerprint density at radius 2 is 1.68 bits per heavy atom. The number of halogens is 3. The first-order valence-corrected chi connectivity index (χ1v) is 14.4. The van der Waals surface area contributed by atoms with E-state index in [0.717, 1.165) is 37.6 Å². The van der Waals surface area contributed by atoms with Gasteiger partial charge in [0.05, 0.1) is 16.7 Å². The van der Waals surface area contributed by atoms with E-state index in [1.165, 1.54) is 0 Å². The summed E-state index contributed by atoms with van der Waals surface area (Å²) in [6.45, 7) is 3.84. The molecule has 2 aromatic rings. The van der Waals surface area contributed by atoms with Crippen LogP contribution in [-0.2, 0) is 6.18 Å². The van der Waals surface area contributed by atoms with Crippen molar-refractivity contribution in [2.45, 2.75) is 95.6 Å². The van der Waals surface area contributed by atoms with Crippen molar-refractivity contribution in [1.29, 1.82) is 0 Å². The van der Waals surface area contributed by atoms with Crippen molar-refractivity contribution >= 4 is 29.1 Å². The molecule has 1 aromatic carbocycles. The molecule has 220 valence electrons. The molecule has 41 heavy (non-hydrogen) atoms. The van der Waals surface area contributed by atoms with Gasteiger partial charge in [-0.05, 0) is 75.6 Å². The first-order valence-electron chi connectivity index (χ1n) is 14.4. The Balaban J connectivity index is 1.34. The summed E-state index contributed by atoms with van der Waals surface area (Å²) in [4.78, 5) is 44.6. The molecule has 5 rings (SSSR count). The van der Waals surface area contributed by atoms with Gasteiger partial charge in [0.2, 0.25) is 0 Å². The number of piperidine rings is 1. The molecule has 1 saturated carbocycles. The zero-order valence-corrected chi connectivity index (χ0v) is 23.3. The van der Waals surface area contributed by atoms with Gasteiger partial charge in [-0.2, -0.15) is 13.2 Å². The molecule has 3 heterocycles. The number of aromatic nitrogens is 1. The zero-order chi connectivity index (χ0) is 29.5. The second kappa shape index (κ2) is 11.3. The number of benzene rings is 1. The van der Waals surface area contributed by atoms with E-state index in [1.54, 1.807) is 6.20 Å². The van der Waals surface area contributed by atoms with Gasteiger partial charge < -0.3 is 21.3 Å². The van der Waals surface area contributed by atoms with E-state index in [4.69, 9.17) is 5.73 Å². The predicted octanol–water partition coefficient (Wildman–Crippen LogP) is 5.32. The number of pyridine rings is 1. The minimum Gasteiger partial charge on any atom is -0.382 e. The lowest BCUT2D eigenvalue weighted by Gasteiger charge is -2.40. The average Bonchev–Trinajstić information content (AvgIpc) is 3.75. The normalized spacial score (nSPS) is 22.1. The second-order valence-electron chi connectivity index (χ2n) is 11.4. The summed E-state index contributed by atoms with van der Waals surface area (Å²) >= 11 is 0. The van der Waals surface area contributed by atoms with Gasteiger partial charge in [0.15, 0.2) is 5.78 Å². The standard InChI is InChI=1S/C30H36F3N5O3/c1-3-18(4-2)36-25-14-22(24(30(31,32)33)13-23(25)28(34)40)29(41)37-19-11-20-8-9-21(12-19)38(20)26-10-7-17(15-35-26)27(39)16-5-6-16/h7,10,13-16,18-21,36H,3-6,8-9,11-12H2,1-2H3,(H2,34,40)(H,37,41)/t19?,20-,21+. The van der Waals surface area contributed by atoms with Crippen molar-refractivity contribution in [3.8, 4) is 0 Å². The summed E-state index contributed by atoms with van der Waals surface area (Å²) in [6.07, 6.45) is 2.87. The number of primary amides is 1. The minimum absolute atomic E-state index is 0.0722. The Labute approximate surface area is 237 Å². The van der Waals surface area contributed by atoms with Crippen LogP contribution in [0.4, 0.5) is 24.7 Å². The molecule has 3 atom stereocenters. The zero-order valence-electron chi connectivity index (χ0n) is 23.3. The third-order valence-electron chi connectivity index (χ3n) is 8.63. The molecule has 1 aromatic heterocycles. The van der Waals surface area contributed by atoms with Crippen LogP contribution in [-0.4, -0.2) is 46.7 Å². The highest BCUT2D eigenvalue weighted by Crippen LogP contribution is 2.40. The number of anilines is 2. The Bertz CT molecular complexity index is 1310. The highest BCUT2D eigenvalue weighted by Gasteiger charge is 2.43. The number of nitrogens with one attached hydrogen (secondary N) is 2. The maximum atomic E-state index is 14.1. The Morgan fingerprint density at radius 1 is 1.02 bits per heavy atom. The number of hydrogen-bond acceptors (Lipinski definition) is 6. The number of fused-ring (bicyclic) bond motifs is 2. The van der Waals surface area contributed by atoms with Crippen LogP contribution in [0.3, 0.4) is 0 Å². The number of Topliss-reactive ketones (excluding diaryl/α,β-unsaturated/α-hetero) is 1. The van der Waals surface area contributed by atoms with Gasteiger partial charge in [-0.25, -0.2) is 4.98 Å². The molecule has 2 saturated heterocycles. The van der Waals surface area contributed by atoms with E-state index in [1.807, 2.05) is 26.0 Å². The third kappa shape index (κ3) is 6.04. The second-order valence-corrected chi connectivity index (χ2v) is 11.4. The number of nitrogens with zero attached hydrogens (tertiary/aromatic N) is 2. The van der Waals surface area contributed by atoms with Crippen molar-refractivity contribution < 1.29 is 27.6 Å². The smallest absolute Gasteiger partial charge is 0.382 e. The number of nitrogens with two attached hydrogens (primary N) is 1. The van der Waals surface area contributed by atoms with E-state index in [0.29, 0.717) is 37.3 Å². The maximum Gasteiger partial charge on any atom is 0.417 e. The molecule has 2 aliphatic heterocycles. The summed E-state index contributed by atoms with van der Waals surface area (Å²) in [7, 11) is 0. The van der Waals surface area contributed by atoms with Crippen molar-refractivity contribution in [2.24, 2.45) is 11.7 Å². The van der Waals surface area contributed by atoms with E-state index in [-0.39, 0.29) is 47.1 Å². The fourth-order valence-corrected chi connectivity index (χ4v) is 6.26. The number of hydrogen-bond donors (Lipinski definition) is 3. The van der Waals surface area contributed by atoms with E-state index in [9.17, 15) is 27.6 Å². The molecule has 4 N–H and O–H groups in total. The topological polar surface area (TPSA) is 117 Å². The molecule has 3 aliphatic rings. The van der Waals surface area contributed by atoms with Crippen LogP contribution >= 0.6 is 0 Å². The lowest BCUT2D eigenvalue weighted by Crippen LogP contribution is -2.51. The van der Waals surface area contributed by atoms with Crippen molar-refractivity contribution in [3.63, 3.8) is 0 Å². The van der Waals surface area contributed by atoms with E-state index in [2.05, 4.69) is 20.5 Å². The van der Waals surface area contributed by atoms with Crippen LogP contribution in [0.1, 0.15) is 102 Å². The fraction of sp³-hybridized carbons (Fsp3) is 0.533. The maximum absolute atomic E-state index is 14.1. The largest absolute Gasteiger partial charge is 0.417 e. The number of amides is 2. The van der Waals surface area contributed by atoms with Gasteiger partial charge in [-0.3, -0.25) is 14.4 Å². The molecule has 8 nitrogen and oxygen atoms in total. The van der Waals surface area contributed by atoms with Crippen molar-refractivity contribution in [1.82, 2.24) is 10.3 Å². The van der Waals surface area contributed by atoms with Gasteiger partial charge in [0.1, 0.15) is 5.82 Å². The molecule has 2 amide bonds. The van der Waals surface area contributed by atoms with Gasteiger partial charge >= 0.3 is 6.18 Å². The van der Waals surface area contributed by atoms with Crippen LogP contribution in [0.2, 0.25) is 0 Å². The monoisotopic (exact) mass is 571 g/mol. The number of carbonyl (C=O) groups is 3. The van der Waals surface area contributed by atoms with Crippen molar-refractivity contribution in [2.75, 3.05) is 10.2 Å². The predicted molar refractivity (Wildman–Crippen MR) is 149 cm³/mol. The van der Waals surface area contributed by atoms with Gasteiger partial charge in [-0.1, -0.05) is 13.8 Å². The number of alkyl halides is 3. The molecule has 11 heteroatoms. The lowest BCUT2D eigenvalue weighted by atomic mass is 9.95. The Kier molecular flexibility index (Phi) is 7.98. The molecular formula is C30H36F3N5O3. The highest BCUT2D eigenvalue weighted by atomic mass is 19.4. The molecule has 1 aliphatic carbocycles. The highest BCUT2D eigenvalue weighted by molar-refractivity contribution is 6.03. The van der Waals surface area contributed by atoms with Crippen LogP contribution in [0.5, 0.6) is 0 Å². The molecule has 0 radical (unpaired) electrons. The molecular weight excluding hydrogens is 535 g/mol. The molecule has 2 bridgehead atoms. The van der Waals surface area contributed by atoms with Gasteiger partial charge in [0, 0.05) is 47.5 Å². The number of carbonyl (C=O) groups excluding carboxylic acids is 3. The Morgan fingerprint density at radius 3 is 2.20 bits per heavy atom. The first kappa shape index (κ1) is 28.9. The quantitative estimate of drug-likeness (QED) is 0.332. The first-order chi connectivity index (χ1) is 19.5. The summed E-state index contributed by atoms with van der Waals surface area (Å²) in [5.41, 5.74) is 4.13. The van der Waals surface area contributed by atoms with Gasteiger partial charge in [-0.15, -0.1) is 0 Å². The number of ketones is 1. The van der Waals surface area contributed by atoms with Crippen LogP contribution in [0, 0.1) is 5.92 Å². The van der Waals surface area contributed by atoms with Crippen molar-refractivity contribution in [3.05, 3.63) is 52.7 Å². The molecule has 0 spiro atoms. The van der Waals surface area contributed by atoms with E-state index < -0.39 is 29.1 Å². The average molecular weight is 572 g/mol. The summed E-state index contributed by atoms with van der Waals surface area (Å²) in [5.74, 6) is -0.810. The third-order valence-corrected chi connectivity index (χ3v) is 8.63. The van der Waals surface area contributed by atoms with E-state index >= 15 is 0 Å². The summed E-state index contributed by atoms with van der Waals surface area (Å²) in [6, 6.07) is 5.19. The Hall–Kier alpha value is -3.63.